The molecule has 2 aromatic rings. The van der Waals surface area contributed by atoms with Crippen molar-refractivity contribution in [3.63, 3.8) is 0 Å². The maximum Gasteiger partial charge on any atom is 0.235 e. The first-order chi connectivity index (χ1) is 13.1. The number of hydrogen-bond acceptors (Lipinski definition) is 4. The van der Waals surface area contributed by atoms with E-state index in [0.717, 1.165) is 6.42 Å². The van der Waals surface area contributed by atoms with Crippen LogP contribution in [0.2, 0.25) is 0 Å². The van der Waals surface area contributed by atoms with Crippen LogP contribution in [0.5, 0.6) is 5.88 Å². The van der Waals surface area contributed by atoms with Gasteiger partial charge in [0.05, 0.1) is 23.4 Å². The number of carbonyl (C=O) groups excluding carboxylic acids is 1. The van der Waals surface area contributed by atoms with Crippen molar-refractivity contribution in [3.8, 4) is 5.88 Å². The Kier molecular flexibility index (Phi) is 6.06. The number of pyridine rings is 1. The fourth-order valence-electron chi connectivity index (χ4n) is 3.39. The SMILES string of the molecule is CCCOc1ccc(NC(=O)C2(c3ccccc3F)CCOCC2)c(C)n1. The van der Waals surface area contributed by atoms with Crippen molar-refractivity contribution in [2.45, 2.75) is 38.5 Å². The molecule has 1 aromatic heterocycles. The molecule has 1 aliphatic rings. The first-order valence-electron chi connectivity index (χ1n) is 9.31. The van der Waals surface area contributed by atoms with Gasteiger partial charge in [-0.05, 0) is 38.3 Å². The van der Waals surface area contributed by atoms with Gasteiger partial charge in [-0.3, -0.25) is 4.79 Å². The Hall–Kier alpha value is -2.47. The van der Waals surface area contributed by atoms with Gasteiger partial charge in [-0.15, -0.1) is 0 Å². The van der Waals surface area contributed by atoms with Crippen molar-refractivity contribution in [2.24, 2.45) is 0 Å². The Labute approximate surface area is 158 Å². The van der Waals surface area contributed by atoms with E-state index in [2.05, 4.69) is 10.3 Å². The molecule has 2 heterocycles. The summed E-state index contributed by atoms with van der Waals surface area (Å²) in [6.07, 6.45) is 1.76. The molecule has 0 aliphatic carbocycles. The lowest BCUT2D eigenvalue weighted by molar-refractivity contribution is -0.125. The van der Waals surface area contributed by atoms with E-state index in [4.69, 9.17) is 9.47 Å². The summed E-state index contributed by atoms with van der Waals surface area (Å²) in [5, 5.41) is 2.95. The van der Waals surface area contributed by atoms with Crippen LogP contribution in [-0.2, 0) is 14.9 Å². The van der Waals surface area contributed by atoms with Crippen molar-refractivity contribution in [1.82, 2.24) is 4.98 Å². The number of aryl methyl sites for hydroxylation is 1. The summed E-state index contributed by atoms with van der Waals surface area (Å²) in [4.78, 5) is 17.6. The number of carbonyl (C=O) groups is 1. The monoisotopic (exact) mass is 372 g/mol. The number of benzene rings is 1. The van der Waals surface area contributed by atoms with Crippen LogP contribution in [0.4, 0.5) is 10.1 Å². The van der Waals surface area contributed by atoms with Crippen molar-refractivity contribution in [3.05, 3.63) is 53.5 Å². The maximum absolute atomic E-state index is 14.5. The molecule has 3 rings (SSSR count). The minimum atomic E-state index is -0.951. The predicted octanol–water partition coefficient (Wildman–Crippen LogP) is 4.00. The van der Waals surface area contributed by atoms with Gasteiger partial charge >= 0.3 is 0 Å². The minimum absolute atomic E-state index is 0.233. The van der Waals surface area contributed by atoms with Crippen molar-refractivity contribution < 1.29 is 18.7 Å². The third-order valence-electron chi connectivity index (χ3n) is 4.93. The molecule has 6 heteroatoms. The van der Waals surface area contributed by atoms with Crippen LogP contribution in [0.3, 0.4) is 0 Å². The maximum atomic E-state index is 14.5. The second-order valence-corrected chi connectivity index (χ2v) is 6.76. The summed E-state index contributed by atoms with van der Waals surface area (Å²) in [6, 6.07) is 9.99. The van der Waals surface area contributed by atoms with Crippen LogP contribution in [0, 0.1) is 12.7 Å². The highest BCUT2D eigenvalue weighted by atomic mass is 19.1. The van der Waals surface area contributed by atoms with Gasteiger partial charge in [0, 0.05) is 24.8 Å². The lowest BCUT2D eigenvalue weighted by atomic mass is 9.73. The summed E-state index contributed by atoms with van der Waals surface area (Å²) in [5.41, 5.74) is 0.728. The highest BCUT2D eigenvalue weighted by Gasteiger charge is 2.43. The standard InChI is InChI=1S/C21H25FN2O3/c1-3-12-27-19-9-8-18(15(2)23-19)24-20(25)21(10-13-26-14-11-21)16-6-4-5-7-17(16)22/h4-9H,3,10-14H2,1-2H3,(H,24,25). The molecule has 5 nitrogen and oxygen atoms in total. The van der Waals surface area contributed by atoms with Crippen LogP contribution in [0.15, 0.2) is 36.4 Å². The largest absolute Gasteiger partial charge is 0.478 e. The topological polar surface area (TPSA) is 60.5 Å². The molecule has 144 valence electrons. The Morgan fingerprint density at radius 1 is 1.26 bits per heavy atom. The molecule has 1 N–H and O–H groups in total. The Morgan fingerprint density at radius 2 is 2.00 bits per heavy atom. The lowest BCUT2D eigenvalue weighted by Crippen LogP contribution is -2.45. The van der Waals surface area contributed by atoms with E-state index in [-0.39, 0.29) is 11.7 Å². The Balaban J connectivity index is 1.87. The van der Waals surface area contributed by atoms with E-state index < -0.39 is 5.41 Å². The number of anilines is 1. The molecule has 0 bridgehead atoms. The van der Waals surface area contributed by atoms with Gasteiger partial charge < -0.3 is 14.8 Å². The first-order valence-corrected chi connectivity index (χ1v) is 9.31. The average molecular weight is 372 g/mol. The third kappa shape index (κ3) is 4.11. The molecule has 27 heavy (non-hydrogen) atoms. The van der Waals surface area contributed by atoms with Crippen LogP contribution in [-0.4, -0.2) is 30.7 Å². The second-order valence-electron chi connectivity index (χ2n) is 6.76. The number of nitrogens with zero attached hydrogens (tertiary/aromatic N) is 1. The Morgan fingerprint density at radius 3 is 2.67 bits per heavy atom. The van der Waals surface area contributed by atoms with Crippen LogP contribution in [0.25, 0.3) is 0 Å². The summed E-state index contributed by atoms with van der Waals surface area (Å²) in [7, 11) is 0. The number of nitrogens with one attached hydrogen (secondary N) is 1. The first kappa shape index (κ1) is 19.3. The van der Waals surface area contributed by atoms with Crippen molar-refractivity contribution >= 4 is 11.6 Å². The summed E-state index contributed by atoms with van der Waals surface area (Å²) in [5.74, 6) is -0.0713. The van der Waals surface area contributed by atoms with Gasteiger partial charge in [0.1, 0.15) is 5.82 Å². The third-order valence-corrected chi connectivity index (χ3v) is 4.93. The van der Waals surface area contributed by atoms with E-state index in [1.54, 1.807) is 30.3 Å². The molecule has 1 amide bonds. The second kappa shape index (κ2) is 8.48. The molecule has 0 saturated carbocycles. The predicted molar refractivity (Wildman–Crippen MR) is 102 cm³/mol. The Bertz CT molecular complexity index is 804. The molecule has 0 spiro atoms. The van der Waals surface area contributed by atoms with Gasteiger partial charge in [0.2, 0.25) is 11.8 Å². The smallest absolute Gasteiger partial charge is 0.235 e. The fourth-order valence-corrected chi connectivity index (χ4v) is 3.39. The molecule has 1 saturated heterocycles. The molecule has 1 aliphatic heterocycles. The number of aromatic nitrogens is 1. The van der Waals surface area contributed by atoms with E-state index in [9.17, 15) is 9.18 Å². The van der Waals surface area contributed by atoms with E-state index >= 15 is 0 Å². The minimum Gasteiger partial charge on any atom is -0.478 e. The molecular weight excluding hydrogens is 347 g/mol. The van der Waals surface area contributed by atoms with Crippen molar-refractivity contribution in [2.75, 3.05) is 25.1 Å². The van der Waals surface area contributed by atoms with Crippen molar-refractivity contribution in [1.29, 1.82) is 0 Å². The van der Waals surface area contributed by atoms with E-state index in [1.807, 2.05) is 13.8 Å². The zero-order chi connectivity index (χ0) is 19.3. The number of ether oxygens (including phenoxy) is 2. The van der Waals surface area contributed by atoms with Gasteiger partial charge in [-0.2, -0.15) is 0 Å². The van der Waals surface area contributed by atoms with E-state index in [0.29, 0.717) is 55.5 Å². The zero-order valence-corrected chi connectivity index (χ0v) is 15.8. The highest BCUT2D eigenvalue weighted by molar-refractivity contribution is 5.99. The molecule has 1 fully saturated rings. The highest BCUT2D eigenvalue weighted by Crippen LogP contribution is 2.37. The quantitative estimate of drug-likeness (QED) is 0.832. The van der Waals surface area contributed by atoms with Gasteiger partial charge in [0.25, 0.3) is 0 Å². The van der Waals surface area contributed by atoms with Crippen LogP contribution < -0.4 is 10.1 Å². The number of halogens is 1. The molecule has 0 unspecified atom stereocenters. The van der Waals surface area contributed by atoms with Gasteiger partial charge in [-0.25, -0.2) is 9.37 Å². The molecule has 1 aromatic carbocycles. The van der Waals surface area contributed by atoms with Gasteiger partial charge in [0.15, 0.2) is 0 Å². The number of amides is 1. The summed E-state index contributed by atoms with van der Waals surface area (Å²) in [6.45, 7) is 5.27. The average Bonchev–Trinajstić information content (AvgIpc) is 2.69. The zero-order valence-electron chi connectivity index (χ0n) is 15.8. The fraction of sp³-hybridized carbons (Fsp3) is 0.429. The molecule has 0 radical (unpaired) electrons. The lowest BCUT2D eigenvalue weighted by Gasteiger charge is -2.36. The molecule has 0 atom stereocenters. The summed E-state index contributed by atoms with van der Waals surface area (Å²) >= 11 is 0. The van der Waals surface area contributed by atoms with E-state index in [1.165, 1.54) is 6.07 Å². The number of rotatable bonds is 6. The number of hydrogen-bond donors (Lipinski definition) is 1. The van der Waals surface area contributed by atoms with Gasteiger partial charge in [-0.1, -0.05) is 25.1 Å². The van der Waals surface area contributed by atoms with Crippen LogP contribution >= 0.6 is 0 Å². The van der Waals surface area contributed by atoms with Crippen LogP contribution in [0.1, 0.15) is 37.4 Å². The summed E-state index contributed by atoms with van der Waals surface area (Å²) < 4.78 is 25.5. The molecular formula is C21H25FN2O3. The normalized spacial score (nSPS) is 16.0.